The van der Waals surface area contributed by atoms with Gasteiger partial charge in [-0.1, -0.05) is 72.4 Å². The van der Waals surface area contributed by atoms with Crippen LogP contribution in [-0.4, -0.2) is 60.7 Å². The normalized spacial score (nSPS) is 19.5. The highest BCUT2D eigenvalue weighted by Gasteiger charge is 2.49. The molecule has 0 N–H and O–H groups in total. The largest absolute Gasteiger partial charge is 0.448 e. The molecule has 9 nitrogen and oxygen atoms in total. The predicted octanol–water partition coefficient (Wildman–Crippen LogP) is 3.17. The smallest absolute Gasteiger partial charge is 0.356 e. The fraction of sp³-hybridized carbons (Fsp3) is 0.292. The number of methoxy groups -OCH3 is 1. The molecule has 180 valence electrons. The molecule has 1 aromatic heterocycles. The van der Waals surface area contributed by atoms with E-state index in [2.05, 4.69) is 15.5 Å². The molecule has 2 aliphatic rings. The Labute approximate surface area is 210 Å². The number of carbonyl (C=O) groups excluding carboxylic acids is 2. The number of nitrogens with zero attached hydrogens (tertiary/aromatic N) is 5. The van der Waals surface area contributed by atoms with Crippen molar-refractivity contribution in [2.75, 3.05) is 12.9 Å². The van der Waals surface area contributed by atoms with Crippen LogP contribution in [0.15, 0.2) is 77.1 Å². The number of aryl methyl sites for hydroxylation is 1. The van der Waals surface area contributed by atoms with Crippen LogP contribution in [-0.2, 0) is 26.1 Å². The van der Waals surface area contributed by atoms with Gasteiger partial charge in [0.2, 0.25) is 11.1 Å². The third-order valence-electron chi connectivity index (χ3n) is 5.79. The van der Waals surface area contributed by atoms with E-state index in [-0.39, 0.29) is 17.0 Å². The molecule has 11 heteroatoms. The predicted molar refractivity (Wildman–Crippen MR) is 131 cm³/mol. The number of hydrogen-bond acceptors (Lipinski definition) is 9. The van der Waals surface area contributed by atoms with Gasteiger partial charge in [-0.3, -0.25) is 9.69 Å². The minimum Gasteiger partial charge on any atom is -0.448 e. The van der Waals surface area contributed by atoms with Crippen molar-refractivity contribution >= 4 is 35.4 Å². The number of tetrazole rings is 1. The number of ether oxygens (including phenoxy) is 2. The summed E-state index contributed by atoms with van der Waals surface area (Å²) in [5.74, 6) is -0.306. The minimum absolute atomic E-state index is 0.109. The van der Waals surface area contributed by atoms with Crippen molar-refractivity contribution in [3.8, 4) is 0 Å². The van der Waals surface area contributed by atoms with Crippen LogP contribution in [0.4, 0.5) is 0 Å². The molecular formula is C24H23N5O4S2. The maximum Gasteiger partial charge on any atom is 0.356 e. The lowest BCUT2D eigenvalue weighted by Crippen LogP contribution is -2.56. The maximum atomic E-state index is 13.8. The van der Waals surface area contributed by atoms with Gasteiger partial charge < -0.3 is 9.47 Å². The van der Waals surface area contributed by atoms with Crippen LogP contribution in [0.2, 0.25) is 0 Å². The second-order valence-corrected chi connectivity index (χ2v) is 10.2. The Hall–Kier alpha value is -3.15. The van der Waals surface area contributed by atoms with Crippen molar-refractivity contribution in [3.05, 3.63) is 83.1 Å². The fourth-order valence-corrected chi connectivity index (χ4v) is 6.39. The lowest BCUT2D eigenvalue weighted by atomic mass is 10.0. The Morgan fingerprint density at radius 2 is 1.80 bits per heavy atom. The van der Waals surface area contributed by atoms with E-state index in [1.165, 1.54) is 23.5 Å². The van der Waals surface area contributed by atoms with Crippen molar-refractivity contribution in [2.24, 2.45) is 7.05 Å². The summed E-state index contributed by atoms with van der Waals surface area (Å²) in [5, 5.41) is 12.0. The SMILES string of the molecule is COC1S[C@@H]2CC(=O)N2C(C(=O)OC(c2ccccc2)c2ccccc2)=C1CSc1nnnn1C. The van der Waals surface area contributed by atoms with Gasteiger partial charge in [0.15, 0.2) is 6.10 Å². The van der Waals surface area contributed by atoms with Gasteiger partial charge >= 0.3 is 5.97 Å². The van der Waals surface area contributed by atoms with E-state index in [4.69, 9.17) is 9.47 Å². The number of β-lactam (4-membered cyclic amide) rings is 1. The van der Waals surface area contributed by atoms with E-state index in [1.54, 1.807) is 23.7 Å². The van der Waals surface area contributed by atoms with E-state index in [0.29, 0.717) is 22.9 Å². The van der Waals surface area contributed by atoms with Gasteiger partial charge in [0.25, 0.3) is 0 Å². The summed E-state index contributed by atoms with van der Waals surface area (Å²) in [6.07, 6.45) is -0.268. The molecule has 1 amide bonds. The average molecular weight is 510 g/mol. The first kappa shape index (κ1) is 23.6. The topological polar surface area (TPSA) is 99.4 Å². The summed E-state index contributed by atoms with van der Waals surface area (Å²) < 4.78 is 13.4. The summed E-state index contributed by atoms with van der Waals surface area (Å²) in [6, 6.07) is 19.1. The standard InChI is InChI=1S/C24H23N5O4S2/c1-28-24(25-26-27-28)34-14-17-20(29-18(30)13-19(29)35-23(17)32-2)22(31)33-21(15-9-5-3-6-10-15)16-11-7-4-8-12-16/h3-12,19,21,23H,13-14H2,1-2H3/t19-,23?/m1/s1. The second kappa shape index (κ2) is 10.2. The van der Waals surface area contributed by atoms with Gasteiger partial charge in [-0.05, 0) is 21.6 Å². The number of aromatic nitrogens is 4. The van der Waals surface area contributed by atoms with Gasteiger partial charge in [0.05, 0.1) is 11.8 Å². The molecule has 1 saturated heterocycles. The molecule has 2 atom stereocenters. The Balaban J connectivity index is 1.51. The zero-order valence-electron chi connectivity index (χ0n) is 19.1. The first-order chi connectivity index (χ1) is 17.1. The molecule has 1 unspecified atom stereocenters. The summed E-state index contributed by atoms with van der Waals surface area (Å²) in [6.45, 7) is 0. The van der Waals surface area contributed by atoms with E-state index < -0.39 is 17.5 Å². The lowest BCUT2D eigenvalue weighted by Gasteiger charge is -2.46. The van der Waals surface area contributed by atoms with Crippen LogP contribution < -0.4 is 0 Å². The molecule has 0 spiro atoms. The minimum atomic E-state index is -0.625. The van der Waals surface area contributed by atoms with Crippen molar-refractivity contribution in [3.63, 3.8) is 0 Å². The van der Waals surface area contributed by atoms with Crippen LogP contribution in [0.3, 0.4) is 0 Å². The number of benzene rings is 2. The van der Waals surface area contributed by atoms with E-state index in [0.717, 1.165) is 11.1 Å². The number of thioether (sulfide) groups is 2. The summed E-state index contributed by atoms with van der Waals surface area (Å²) in [7, 11) is 3.34. The van der Waals surface area contributed by atoms with Crippen molar-refractivity contribution in [1.29, 1.82) is 0 Å². The third kappa shape index (κ3) is 4.71. The molecule has 2 aromatic carbocycles. The molecule has 1 fully saturated rings. The molecule has 5 rings (SSSR count). The zero-order valence-corrected chi connectivity index (χ0v) is 20.7. The molecule has 2 aliphatic heterocycles. The number of fused-ring (bicyclic) bond motifs is 1. The Morgan fingerprint density at radius 3 is 2.34 bits per heavy atom. The van der Waals surface area contributed by atoms with Crippen molar-refractivity contribution in [1.82, 2.24) is 25.1 Å². The van der Waals surface area contributed by atoms with Gasteiger partial charge in [0.1, 0.15) is 11.1 Å². The molecule has 0 aliphatic carbocycles. The quantitative estimate of drug-likeness (QED) is 0.258. The van der Waals surface area contributed by atoms with Crippen molar-refractivity contribution in [2.45, 2.75) is 28.5 Å². The summed E-state index contributed by atoms with van der Waals surface area (Å²) in [5.41, 5.74) is 2.20. The summed E-state index contributed by atoms with van der Waals surface area (Å²) in [4.78, 5) is 28.0. The van der Waals surface area contributed by atoms with E-state index in [9.17, 15) is 9.59 Å². The number of carbonyl (C=O) groups is 2. The average Bonchev–Trinajstić information content (AvgIpc) is 3.30. The van der Waals surface area contributed by atoms with Gasteiger partial charge in [-0.15, -0.1) is 16.9 Å². The van der Waals surface area contributed by atoms with Crippen molar-refractivity contribution < 1.29 is 19.1 Å². The van der Waals surface area contributed by atoms with E-state index >= 15 is 0 Å². The number of amides is 1. The highest BCUT2D eigenvalue weighted by Crippen LogP contribution is 2.46. The van der Waals surface area contributed by atoms with Gasteiger partial charge in [-0.25, -0.2) is 9.48 Å². The van der Waals surface area contributed by atoms with Crippen LogP contribution in [0, 0.1) is 0 Å². The molecule has 35 heavy (non-hydrogen) atoms. The Bertz CT molecular complexity index is 1210. The zero-order chi connectivity index (χ0) is 24.4. The van der Waals surface area contributed by atoms with Gasteiger partial charge in [0, 0.05) is 25.5 Å². The molecule has 0 radical (unpaired) electrons. The van der Waals surface area contributed by atoms with Gasteiger partial charge in [-0.2, -0.15) is 0 Å². The monoisotopic (exact) mass is 509 g/mol. The summed E-state index contributed by atoms with van der Waals surface area (Å²) >= 11 is 2.88. The highest BCUT2D eigenvalue weighted by atomic mass is 32.2. The Kier molecular flexibility index (Phi) is 6.89. The molecule has 0 bridgehead atoms. The molecule has 3 aromatic rings. The van der Waals surface area contributed by atoms with Crippen LogP contribution in [0.5, 0.6) is 0 Å². The first-order valence-electron chi connectivity index (χ1n) is 11.0. The second-order valence-electron chi connectivity index (χ2n) is 7.98. The fourth-order valence-electron chi connectivity index (χ4n) is 4.05. The molecular weight excluding hydrogens is 486 g/mol. The maximum absolute atomic E-state index is 13.8. The third-order valence-corrected chi connectivity index (χ3v) is 8.27. The first-order valence-corrected chi connectivity index (χ1v) is 12.9. The molecule has 3 heterocycles. The van der Waals surface area contributed by atoms with E-state index in [1.807, 2.05) is 60.7 Å². The lowest BCUT2D eigenvalue weighted by molar-refractivity contribution is -0.152. The van der Waals surface area contributed by atoms with Crippen LogP contribution >= 0.6 is 23.5 Å². The molecule has 0 saturated carbocycles. The van der Waals surface area contributed by atoms with Crippen LogP contribution in [0.1, 0.15) is 23.7 Å². The number of hydrogen-bond donors (Lipinski definition) is 0. The number of rotatable bonds is 8. The number of esters is 1. The Morgan fingerprint density at radius 1 is 1.14 bits per heavy atom. The van der Waals surface area contributed by atoms with Crippen LogP contribution in [0.25, 0.3) is 0 Å². The highest BCUT2D eigenvalue weighted by molar-refractivity contribution is 8.01.